The first-order chi connectivity index (χ1) is 12.4. The Morgan fingerprint density at radius 2 is 1.84 bits per heavy atom. The zero-order valence-corrected chi connectivity index (χ0v) is 15.1. The molecule has 2 nitrogen and oxygen atoms in total. The average Bonchev–Trinajstić information content (AvgIpc) is 3.29. The van der Waals surface area contributed by atoms with E-state index in [1.54, 1.807) is 0 Å². The molecule has 0 bridgehead atoms. The molecule has 0 spiro atoms. The maximum Gasteiger partial charge on any atom is 0.123 e. The van der Waals surface area contributed by atoms with E-state index >= 15 is 0 Å². The van der Waals surface area contributed by atoms with Crippen LogP contribution in [0.3, 0.4) is 0 Å². The molecule has 0 aliphatic heterocycles. The van der Waals surface area contributed by atoms with Crippen LogP contribution < -0.4 is 10.5 Å². The van der Waals surface area contributed by atoms with Gasteiger partial charge in [-0.05, 0) is 59.5 Å². The van der Waals surface area contributed by atoms with Gasteiger partial charge < -0.3 is 10.5 Å². The van der Waals surface area contributed by atoms with Gasteiger partial charge in [0.15, 0.2) is 0 Å². The second kappa shape index (κ2) is 7.42. The van der Waals surface area contributed by atoms with Crippen molar-refractivity contribution in [3.63, 3.8) is 0 Å². The van der Waals surface area contributed by atoms with E-state index in [0.29, 0.717) is 5.92 Å². The van der Waals surface area contributed by atoms with Gasteiger partial charge in [0.05, 0.1) is 6.61 Å². The van der Waals surface area contributed by atoms with Crippen LogP contribution in [0.2, 0.25) is 0 Å². The highest BCUT2D eigenvalue weighted by Crippen LogP contribution is 2.41. The molecule has 1 heterocycles. The summed E-state index contributed by atoms with van der Waals surface area (Å²) in [5.74, 6) is 1.53. The molecule has 0 radical (unpaired) electrons. The smallest absolute Gasteiger partial charge is 0.123 e. The van der Waals surface area contributed by atoms with Crippen LogP contribution in [0.4, 0.5) is 0 Å². The molecule has 1 aromatic heterocycles. The zero-order chi connectivity index (χ0) is 17.1. The van der Waals surface area contributed by atoms with E-state index in [9.17, 15) is 0 Å². The normalized spacial score (nSPS) is 13.3. The summed E-state index contributed by atoms with van der Waals surface area (Å²) in [6.07, 6.45) is 3.00. The van der Waals surface area contributed by atoms with Crippen LogP contribution in [-0.4, -0.2) is 13.2 Å². The van der Waals surface area contributed by atoms with Crippen molar-refractivity contribution in [3.05, 3.63) is 76.0 Å². The van der Waals surface area contributed by atoms with Gasteiger partial charge >= 0.3 is 0 Å². The maximum atomic E-state index is 6.22. The van der Waals surface area contributed by atoms with E-state index in [4.69, 9.17) is 10.5 Å². The van der Waals surface area contributed by atoms with Crippen molar-refractivity contribution >= 4 is 11.3 Å². The van der Waals surface area contributed by atoms with E-state index < -0.39 is 0 Å². The van der Waals surface area contributed by atoms with E-state index in [-0.39, 0.29) is 0 Å². The van der Waals surface area contributed by atoms with E-state index in [1.165, 1.54) is 27.1 Å². The van der Waals surface area contributed by atoms with Crippen molar-refractivity contribution in [3.8, 4) is 16.9 Å². The fraction of sp³-hybridized carbons (Fsp3) is 0.273. The molecule has 25 heavy (non-hydrogen) atoms. The Morgan fingerprint density at radius 3 is 2.68 bits per heavy atom. The van der Waals surface area contributed by atoms with Crippen LogP contribution in [0.15, 0.2) is 60.0 Å². The molecule has 0 amide bonds. The van der Waals surface area contributed by atoms with E-state index in [2.05, 4.69) is 60.0 Å². The lowest BCUT2D eigenvalue weighted by Crippen LogP contribution is -2.10. The van der Waals surface area contributed by atoms with Gasteiger partial charge in [0.2, 0.25) is 0 Å². The molecule has 1 atom stereocenters. The second-order valence-electron chi connectivity index (χ2n) is 6.54. The highest BCUT2D eigenvalue weighted by molar-refractivity contribution is 7.10. The summed E-state index contributed by atoms with van der Waals surface area (Å²) < 4.78 is 6.22. The molecule has 0 fully saturated rings. The number of hydrogen-bond acceptors (Lipinski definition) is 3. The third-order valence-electron chi connectivity index (χ3n) is 4.99. The molecule has 128 valence electrons. The fourth-order valence-electron chi connectivity index (χ4n) is 3.73. The van der Waals surface area contributed by atoms with Crippen LogP contribution in [0.1, 0.15) is 34.8 Å². The van der Waals surface area contributed by atoms with Crippen molar-refractivity contribution in [2.75, 3.05) is 13.2 Å². The van der Waals surface area contributed by atoms with Gasteiger partial charge in [-0.1, -0.05) is 42.5 Å². The Balaban J connectivity index is 1.46. The Morgan fingerprint density at radius 1 is 0.960 bits per heavy atom. The van der Waals surface area contributed by atoms with Crippen molar-refractivity contribution < 1.29 is 4.74 Å². The van der Waals surface area contributed by atoms with Crippen LogP contribution in [0, 0.1) is 0 Å². The molecule has 0 saturated heterocycles. The summed E-state index contributed by atoms with van der Waals surface area (Å²) >= 11 is 1.82. The Bertz CT molecular complexity index is 841. The maximum absolute atomic E-state index is 6.22. The number of nitrogens with two attached hydrogens (primary N) is 1. The largest absolute Gasteiger partial charge is 0.493 e. The molecule has 3 heteroatoms. The number of thiophene rings is 1. The molecule has 3 aromatic rings. The lowest BCUT2D eigenvalue weighted by molar-refractivity contribution is 0.293. The first-order valence-electron chi connectivity index (χ1n) is 8.93. The number of ether oxygens (including phenoxy) is 1. The molecule has 1 aliphatic rings. The van der Waals surface area contributed by atoms with Crippen LogP contribution in [-0.2, 0) is 6.42 Å². The van der Waals surface area contributed by atoms with Gasteiger partial charge in [-0.25, -0.2) is 0 Å². The summed E-state index contributed by atoms with van der Waals surface area (Å²) in [4.78, 5) is 1.42. The molecular formula is C22H23NOS. The molecule has 2 aromatic carbocycles. The molecule has 2 N–H and O–H groups in total. The SMILES string of the molecule is NCCC(CCOc1cccc2c1Cc1ccccc1-2)c1cccs1. The Hall–Kier alpha value is -2.10. The van der Waals surface area contributed by atoms with Gasteiger partial charge in [-0.3, -0.25) is 0 Å². The minimum atomic E-state index is 0.499. The number of hydrogen-bond donors (Lipinski definition) is 1. The minimum Gasteiger partial charge on any atom is -0.493 e. The molecule has 4 rings (SSSR count). The predicted molar refractivity (Wildman–Crippen MR) is 106 cm³/mol. The van der Waals surface area contributed by atoms with Gasteiger partial charge in [0, 0.05) is 16.9 Å². The van der Waals surface area contributed by atoms with Crippen molar-refractivity contribution in [2.24, 2.45) is 5.73 Å². The van der Waals surface area contributed by atoms with Crippen LogP contribution in [0.5, 0.6) is 5.75 Å². The monoisotopic (exact) mass is 349 g/mol. The number of benzene rings is 2. The van der Waals surface area contributed by atoms with Crippen molar-refractivity contribution in [1.29, 1.82) is 0 Å². The summed E-state index contributed by atoms with van der Waals surface area (Å²) in [7, 11) is 0. The zero-order valence-electron chi connectivity index (χ0n) is 14.3. The fourth-order valence-corrected chi connectivity index (χ4v) is 4.63. The van der Waals surface area contributed by atoms with Gasteiger partial charge in [0.1, 0.15) is 5.75 Å². The van der Waals surface area contributed by atoms with Gasteiger partial charge in [0.25, 0.3) is 0 Å². The van der Waals surface area contributed by atoms with E-state index in [1.807, 2.05) is 11.3 Å². The van der Waals surface area contributed by atoms with Crippen LogP contribution >= 0.6 is 11.3 Å². The quantitative estimate of drug-likeness (QED) is 0.496. The summed E-state index contributed by atoms with van der Waals surface area (Å²) in [5, 5.41) is 2.14. The molecule has 0 saturated carbocycles. The van der Waals surface area contributed by atoms with E-state index in [0.717, 1.165) is 38.2 Å². The first-order valence-corrected chi connectivity index (χ1v) is 9.81. The molecular weight excluding hydrogens is 326 g/mol. The summed E-state index contributed by atoms with van der Waals surface area (Å²) in [6.45, 7) is 1.45. The van der Waals surface area contributed by atoms with Crippen molar-refractivity contribution in [1.82, 2.24) is 0 Å². The lowest BCUT2D eigenvalue weighted by atomic mass is 10.00. The molecule has 1 unspecified atom stereocenters. The number of fused-ring (bicyclic) bond motifs is 3. The highest BCUT2D eigenvalue weighted by Gasteiger charge is 2.21. The topological polar surface area (TPSA) is 35.2 Å². The van der Waals surface area contributed by atoms with Gasteiger partial charge in [-0.2, -0.15) is 0 Å². The average molecular weight is 349 g/mol. The summed E-state index contributed by atoms with van der Waals surface area (Å²) in [6, 6.07) is 19.4. The highest BCUT2D eigenvalue weighted by atomic mass is 32.1. The van der Waals surface area contributed by atoms with Gasteiger partial charge in [-0.15, -0.1) is 11.3 Å². The molecule has 1 aliphatic carbocycles. The number of rotatable bonds is 7. The lowest BCUT2D eigenvalue weighted by Gasteiger charge is -2.16. The standard InChI is InChI=1S/C22H23NOS/c23-12-10-16(22-9-4-14-25-22)11-13-24-21-8-3-7-19-18-6-2-1-5-17(18)15-20(19)21/h1-9,14,16H,10-13,15,23H2. The predicted octanol–water partition coefficient (Wildman–Crippen LogP) is 5.22. The third-order valence-corrected chi connectivity index (χ3v) is 6.03. The Labute approximate surface area is 153 Å². The second-order valence-corrected chi connectivity index (χ2v) is 7.52. The third kappa shape index (κ3) is 3.35. The first kappa shape index (κ1) is 16.4. The van der Waals surface area contributed by atoms with Crippen molar-refractivity contribution in [2.45, 2.75) is 25.2 Å². The minimum absolute atomic E-state index is 0.499. The van der Waals surface area contributed by atoms with Crippen LogP contribution in [0.25, 0.3) is 11.1 Å². The summed E-state index contributed by atoms with van der Waals surface area (Å²) in [5.41, 5.74) is 11.2. The Kier molecular flexibility index (Phi) is 4.86.